The lowest BCUT2D eigenvalue weighted by Crippen LogP contribution is -2.22. The number of halogens is 1. The molecule has 0 aliphatic rings. The van der Waals surface area contributed by atoms with Crippen molar-refractivity contribution in [2.24, 2.45) is 0 Å². The second-order valence-corrected chi connectivity index (χ2v) is 8.02. The molecule has 2 aromatic heterocycles. The van der Waals surface area contributed by atoms with Gasteiger partial charge in [0, 0.05) is 55.2 Å². The molecule has 1 amide bonds. The minimum absolute atomic E-state index is 0.159. The number of anilines is 1. The number of nitrogens with one attached hydrogen (secondary N) is 2. The fraction of sp³-hybridized carbons (Fsp3) is 0.167. The number of aromatic nitrogens is 2. The van der Waals surface area contributed by atoms with Crippen LogP contribution < -0.4 is 11.1 Å². The Morgan fingerprint density at radius 1 is 1.13 bits per heavy atom. The number of fused-ring (bicyclic) bond motifs is 1. The van der Waals surface area contributed by atoms with Gasteiger partial charge in [-0.2, -0.15) is 0 Å². The molecule has 0 bridgehead atoms. The fourth-order valence-corrected chi connectivity index (χ4v) is 3.99. The van der Waals surface area contributed by atoms with Gasteiger partial charge in [0.05, 0.1) is 10.6 Å². The number of amides is 1. The number of nitrogens with two attached hydrogens (primary N) is 1. The molecule has 0 fully saturated rings. The highest BCUT2D eigenvalue weighted by atomic mass is 35.5. The number of hydrogen-bond donors (Lipinski definition) is 3. The van der Waals surface area contributed by atoms with Crippen molar-refractivity contribution in [1.29, 1.82) is 0 Å². The lowest BCUT2D eigenvalue weighted by atomic mass is 9.99. The summed E-state index contributed by atoms with van der Waals surface area (Å²) in [5.41, 5.74) is 12.4. The van der Waals surface area contributed by atoms with Crippen LogP contribution in [0.3, 0.4) is 0 Å². The molecule has 4 rings (SSSR count). The van der Waals surface area contributed by atoms with Crippen LogP contribution in [0.25, 0.3) is 33.3 Å². The zero-order valence-electron chi connectivity index (χ0n) is 17.7. The van der Waals surface area contributed by atoms with E-state index in [0.29, 0.717) is 21.9 Å². The molecule has 0 saturated heterocycles. The number of benzene rings is 2. The van der Waals surface area contributed by atoms with Crippen LogP contribution in [0.5, 0.6) is 0 Å². The van der Waals surface area contributed by atoms with Crippen LogP contribution in [0.1, 0.15) is 15.9 Å². The Labute approximate surface area is 186 Å². The van der Waals surface area contributed by atoms with Crippen molar-refractivity contribution < 1.29 is 4.79 Å². The molecule has 7 heteroatoms. The molecule has 0 aliphatic carbocycles. The zero-order chi connectivity index (χ0) is 22.1. The molecular formula is C24H24ClN5O. The van der Waals surface area contributed by atoms with E-state index in [9.17, 15) is 4.79 Å². The van der Waals surface area contributed by atoms with E-state index in [1.54, 1.807) is 32.4 Å². The summed E-state index contributed by atoms with van der Waals surface area (Å²) in [5.74, 6) is -0.159. The molecule has 6 nitrogen and oxygen atoms in total. The van der Waals surface area contributed by atoms with Gasteiger partial charge in [-0.25, -0.2) is 4.98 Å². The summed E-state index contributed by atoms with van der Waals surface area (Å²) >= 11 is 6.89. The maximum atomic E-state index is 12.5. The van der Waals surface area contributed by atoms with E-state index in [4.69, 9.17) is 17.3 Å². The van der Waals surface area contributed by atoms with Gasteiger partial charge in [-0.05, 0) is 35.9 Å². The van der Waals surface area contributed by atoms with Crippen molar-refractivity contribution in [2.75, 3.05) is 26.9 Å². The van der Waals surface area contributed by atoms with Crippen molar-refractivity contribution in [3.05, 3.63) is 71.0 Å². The predicted octanol–water partition coefficient (Wildman–Crippen LogP) is 4.55. The predicted molar refractivity (Wildman–Crippen MR) is 127 cm³/mol. The van der Waals surface area contributed by atoms with E-state index in [2.05, 4.69) is 39.6 Å². The van der Waals surface area contributed by atoms with Crippen LogP contribution in [0.4, 0.5) is 5.69 Å². The first-order chi connectivity index (χ1) is 14.9. The van der Waals surface area contributed by atoms with Crippen LogP contribution in [0.15, 0.2) is 54.9 Å². The highest BCUT2D eigenvalue weighted by Crippen LogP contribution is 2.39. The topological polar surface area (TPSA) is 87.0 Å². The number of nitrogens with zero attached hydrogens (tertiary/aromatic N) is 2. The SMILES string of the molecule is CNCc1ccc(-c2c[nH]c3ncc(-c4ccc(N)c(C(=O)N(C)C)c4)c(Cl)c23)cc1. The molecule has 4 N–H and O–H groups in total. The van der Waals surface area contributed by atoms with E-state index < -0.39 is 0 Å². The highest BCUT2D eigenvalue weighted by Gasteiger charge is 2.18. The Hall–Kier alpha value is -3.35. The smallest absolute Gasteiger partial charge is 0.255 e. The van der Waals surface area contributed by atoms with Gasteiger partial charge in [0.1, 0.15) is 5.65 Å². The number of aromatic amines is 1. The van der Waals surface area contributed by atoms with Gasteiger partial charge < -0.3 is 20.9 Å². The molecule has 0 radical (unpaired) electrons. The summed E-state index contributed by atoms with van der Waals surface area (Å²) in [6.07, 6.45) is 3.64. The first-order valence-corrected chi connectivity index (χ1v) is 10.3. The first-order valence-electron chi connectivity index (χ1n) is 9.91. The number of H-pyrrole nitrogens is 1. The largest absolute Gasteiger partial charge is 0.398 e. The second-order valence-electron chi connectivity index (χ2n) is 7.64. The molecule has 0 atom stereocenters. The minimum atomic E-state index is -0.159. The van der Waals surface area contributed by atoms with Crippen LogP contribution in [0, 0.1) is 0 Å². The third-order valence-electron chi connectivity index (χ3n) is 5.28. The van der Waals surface area contributed by atoms with Gasteiger partial charge in [0.2, 0.25) is 0 Å². The molecule has 31 heavy (non-hydrogen) atoms. The highest BCUT2D eigenvalue weighted by molar-refractivity contribution is 6.39. The summed E-state index contributed by atoms with van der Waals surface area (Å²) in [7, 11) is 5.32. The summed E-state index contributed by atoms with van der Waals surface area (Å²) in [5, 5.41) is 4.58. The normalized spacial score (nSPS) is 11.1. The van der Waals surface area contributed by atoms with Crippen molar-refractivity contribution in [3.8, 4) is 22.3 Å². The minimum Gasteiger partial charge on any atom is -0.398 e. The average molecular weight is 434 g/mol. The average Bonchev–Trinajstić information content (AvgIpc) is 3.20. The summed E-state index contributed by atoms with van der Waals surface area (Å²) < 4.78 is 0. The van der Waals surface area contributed by atoms with Crippen LogP contribution in [-0.4, -0.2) is 41.9 Å². The van der Waals surface area contributed by atoms with Gasteiger partial charge in [0.25, 0.3) is 5.91 Å². The molecule has 0 unspecified atom stereocenters. The first kappa shape index (κ1) is 20.9. The lowest BCUT2D eigenvalue weighted by molar-refractivity contribution is 0.0828. The Bertz CT molecular complexity index is 1260. The Balaban J connectivity index is 1.83. The fourth-order valence-electron chi connectivity index (χ4n) is 3.64. The third kappa shape index (κ3) is 3.87. The number of nitrogen functional groups attached to an aromatic ring is 1. The van der Waals surface area contributed by atoms with E-state index in [-0.39, 0.29) is 5.91 Å². The van der Waals surface area contributed by atoms with Gasteiger partial charge >= 0.3 is 0 Å². The molecule has 2 heterocycles. The number of carbonyl (C=O) groups is 1. The maximum absolute atomic E-state index is 12.5. The molecule has 4 aromatic rings. The second kappa shape index (κ2) is 8.41. The quantitative estimate of drug-likeness (QED) is 0.403. The molecule has 2 aromatic carbocycles. The molecule has 0 saturated carbocycles. The number of pyridine rings is 1. The third-order valence-corrected chi connectivity index (χ3v) is 5.68. The summed E-state index contributed by atoms with van der Waals surface area (Å²) in [4.78, 5) is 21.8. The van der Waals surface area contributed by atoms with Gasteiger partial charge in [-0.15, -0.1) is 0 Å². The lowest BCUT2D eigenvalue weighted by Gasteiger charge is -2.14. The Kier molecular flexibility index (Phi) is 5.67. The van der Waals surface area contributed by atoms with Crippen LogP contribution >= 0.6 is 11.6 Å². The Morgan fingerprint density at radius 3 is 2.52 bits per heavy atom. The molecule has 0 spiro atoms. The van der Waals surface area contributed by atoms with Crippen molar-refractivity contribution in [2.45, 2.75) is 6.54 Å². The number of hydrogen-bond acceptors (Lipinski definition) is 4. The van der Waals surface area contributed by atoms with Crippen molar-refractivity contribution >= 4 is 34.2 Å². The van der Waals surface area contributed by atoms with Gasteiger partial charge in [-0.3, -0.25) is 4.79 Å². The molecule has 158 valence electrons. The maximum Gasteiger partial charge on any atom is 0.255 e. The van der Waals surface area contributed by atoms with E-state index in [1.807, 2.05) is 19.3 Å². The number of rotatable bonds is 5. The summed E-state index contributed by atoms with van der Waals surface area (Å²) in [6, 6.07) is 13.7. The van der Waals surface area contributed by atoms with E-state index in [0.717, 1.165) is 34.2 Å². The number of carbonyl (C=O) groups excluding carboxylic acids is 1. The molecular weight excluding hydrogens is 410 g/mol. The van der Waals surface area contributed by atoms with Crippen molar-refractivity contribution in [1.82, 2.24) is 20.2 Å². The Morgan fingerprint density at radius 2 is 1.84 bits per heavy atom. The standard InChI is InChI=1S/C24H24ClN5O/c1-27-11-14-4-6-15(7-5-14)18-12-28-23-21(18)22(25)19(13-29-23)16-8-9-20(26)17(10-16)24(31)30(2)3/h4-10,12-13,27H,11,26H2,1-3H3,(H,28,29). The summed E-state index contributed by atoms with van der Waals surface area (Å²) in [6.45, 7) is 0.811. The van der Waals surface area contributed by atoms with Gasteiger partial charge in [-0.1, -0.05) is 41.9 Å². The van der Waals surface area contributed by atoms with Gasteiger partial charge in [0.15, 0.2) is 0 Å². The van der Waals surface area contributed by atoms with Crippen LogP contribution in [0.2, 0.25) is 5.02 Å². The monoisotopic (exact) mass is 433 g/mol. The van der Waals surface area contributed by atoms with E-state index >= 15 is 0 Å². The van der Waals surface area contributed by atoms with Crippen molar-refractivity contribution in [3.63, 3.8) is 0 Å². The molecule has 0 aliphatic heterocycles. The zero-order valence-corrected chi connectivity index (χ0v) is 18.4. The van der Waals surface area contributed by atoms with E-state index in [1.165, 1.54) is 10.5 Å². The van der Waals surface area contributed by atoms with Crippen LogP contribution in [-0.2, 0) is 6.54 Å².